The molecule has 3 heterocycles. The van der Waals surface area contributed by atoms with Gasteiger partial charge in [-0.25, -0.2) is 0 Å². The number of fused-ring (bicyclic) bond motifs is 5. The van der Waals surface area contributed by atoms with Crippen molar-refractivity contribution >= 4 is 10.9 Å². The average molecular weight is 228 g/mol. The number of hydrogen-bond donors (Lipinski definition) is 1. The van der Waals surface area contributed by atoms with E-state index < -0.39 is 6.50 Å². The summed E-state index contributed by atoms with van der Waals surface area (Å²) in [6.07, 6.45) is 3.66. The van der Waals surface area contributed by atoms with Crippen molar-refractivity contribution in [2.24, 2.45) is 0 Å². The molecule has 1 fully saturated rings. The van der Waals surface area contributed by atoms with Gasteiger partial charge in [0.25, 0.3) is 0 Å². The van der Waals surface area contributed by atoms with Crippen molar-refractivity contribution < 1.29 is 2.74 Å². The predicted octanol–water partition coefficient (Wildman–Crippen LogP) is 3.25. The summed E-state index contributed by atoms with van der Waals surface area (Å²) in [7, 11) is 0. The van der Waals surface area contributed by atoms with Gasteiger partial charge in [-0.1, -0.05) is 24.6 Å². The summed E-state index contributed by atoms with van der Waals surface area (Å²) in [6, 6.07) is 8.68. The van der Waals surface area contributed by atoms with Crippen LogP contribution in [0.3, 0.4) is 0 Å². The van der Waals surface area contributed by atoms with Gasteiger partial charge in [-0.15, -0.1) is 0 Å². The number of benzene rings is 1. The topological polar surface area (TPSA) is 19.0 Å². The highest BCUT2D eigenvalue weighted by atomic mass is 15.2. The molecule has 1 saturated heterocycles. The molecule has 0 amide bonds. The Balaban J connectivity index is 1.87. The van der Waals surface area contributed by atoms with Crippen molar-refractivity contribution in [3.05, 3.63) is 35.5 Å². The van der Waals surface area contributed by atoms with E-state index in [1.807, 2.05) is 0 Å². The van der Waals surface area contributed by atoms with Crippen LogP contribution < -0.4 is 0 Å². The number of nitrogens with zero attached hydrogens (tertiary/aromatic N) is 1. The molecule has 2 nitrogen and oxygen atoms in total. The van der Waals surface area contributed by atoms with Gasteiger partial charge in [0.1, 0.15) is 0 Å². The molecule has 2 aliphatic rings. The lowest BCUT2D eigenvalue weighted by atomic mass is 9.91. The van der Waals surface area contributed by atoms with Gasteiger partial charge in [0.05, 0.1) is 6.04 Å². The van der Waals surface area contributed by atoms with Gasteiger partial charge in [0, 0.05) is 25.9 Å². The number of para-hydroxylation sites is 1. The summed E-state index contributed by atoms with van der Waals surface area (Å²) in [5.41, 5.74) is 3.87. The molecule has 0 bridgehead atoms. The fraction of sp³-hybridized carbons (Fsp3) is 0.467. The third-order valence-electron chi connectivity index (χ3n) is 4.13. The Bertz CT molecular complexity index is 632. The zero-order valence-corrected chi connectivity index (χ0v) is 9.87. The second-order valence-corrected chi connectivity index (χ2v) is 5.07. The molecule has 0 spiro atoms. The van der Waals surface area contributed by atoms with Crippen LogP contribution in [-0.4, -0.2) is 22.9 Å². The monoisotopic (exact) mass is 228 g/mol. The molecular weight excluding hydrogens is 208 g/mol. The lowest BCUT2D eigenvalue weighted by molar-refractivity contribution is 0.136. The minimum atomic E-state index is -1.14. The molecule has 4 rings (SSSR count). The van der Waals surface area contributed by atoms with Gasteiger partial charge in [-0.3, -0.25) is 4.90 Å². The van der Waals surface area contributed by atoms with Crippen LogP contribution >= 0.6 is 0 Å². The molecule has 2 heteroatoms. The fourth-order valence-corrected chi connectivity index (χ4v) is 3.33. The quantitative estimate of drug-likeness (QED) is 0.733. The number of rotatable bonds is 0. The highest BCUT2D eigenvalue weighted by Gasteiger charge is 2.31. The van der Waals surface area contributed by atoms with Crippen LogP contribution in [0.25, 0.3) is 10.9 Å². The largest absolute Gasteiger partial charge is 0.357 e. The zero-order chi connectivity index (χ0) is 13.0. The third-order valence-corrected chi connectivity index (χ3v) is 4.13. The molecule has 1 aromatic heterocycles. The summed E-state index contributed by atoms with van der Waals surface area (Å²) >= 11 is 0. The molecular formula is C15H18N2. The maximum atomic E-state index is 8.21. The minimum absolute atomic E-state index is 0.236. The Kier molecular flexibility index (Phi) is 1.68. The molecule has 0 saturated carbocycles. The number of aromatic amines is 1. The SMILES string of the molecule is [2H]C1([2H])CCCC2c3[nH]c4ccccc4c3CCN21. The molecule has 17 heavy (non-hydrogen) atoms. The summed E-state index contributed by atoms with van der Waals surface area (Å²) in [4.78, 5) is 5.61. The van der Waals surface area contributed by atoms with E-state index in [0.717, 1.165) is 25.8 Å². The van der Waals surface area contributed by atoms with E-state index in [-0.39, 0.29) is 6.04 Å². The normalized spacial score (nSPS) is 29.3. The van der Waals surface area contributed by atoms with Gasteiger partial charge in [0.2, 0.25) is 0 Å². The smallest absolute Gasteiger partial charge is 0.0501 e. The average Bonchev–Trinajstić information content (AvgIpc) is 2.77. The van der Waals surface area contributed by atoms with E-state index in [1.165, 1.54) is 22.2 Å². The Morgan fingerprint density at radius 1 is 1.29 bits per heavy atom. The Hall–Kier alpha value is -1.28. The van der Waals surface area contributed by atoms with Gasteiger partial charge >= 0.3 is 0 Å². The molecule has 2 aliphatic heterocycles. The molecule has 1 unspecified atom stereocenters. The molecule has 1 N–H and O–H groups in total. The molecule has 0 aliphatic carbocycles. The first kappa shape index (κ1) is 7.93. The zero-order valence-electron chi connectivity index (χ0n) is 11.9. The maximum absolute atomic E-state index is 8.21. The van der Waals surface area contributed by atoms with Gasteiger partial charge < -0.3 is 4.98 Å². The molecule has 88 valence electrons. The van der Waals surface area contributed by atoms with Crippen molar-refractivity contribution in [2.75, 3.05) is 13.0 Å². The van der Waals surface area contributed by atoms with Crippen LogP contribution in [0.4, 0.5) is 0 Å². The van der Waals surface area contributed by atoms with Crippen molar-refractivity contribution in [1.82, 2.24) is 9.88 Å². The van der Waals surface area contributed by atoms with Gasteiger partial charge in [-0.05, 0) is 37.4 Å². The first-order valence-corrected chi connectivity index (χ1v) is 6.53. The number of nitrogens with one attached hydrogen (secondary N) is 1. The molecule has 1 aromatic carbocycles. The molecule has 0 radical (unpaired) electrons. The first-order chi connectivity index (χ1) is 9.17. The van der Waals surface area contributed by atoms with Crippen LogP contribution in [0, 0.1) is 0 Å². The summed E-state index contributed by atoms with van der Waals surface area (Å²) < 4.78 is 16.4. The standard InChI is InChI=1S/C15H18N2/c1-2-6-13-11(5-1)12-8-10-17-9-4-3-7-14(17)15(12)16-13/h1-2,5-6,14,16H,3-4,7-10H2/i9D2. The summed E-state index contributed by atoms with van der Waals surface area (Å²) in [5, 5.41) is 1.32. The van der Waals surface area contributed by atoms with E-state index >= 15 is 0 Å². The van der Waals surface area contributed by atoms with E-state index in [4.69, 9.17) is 2.74 Å². The second kappa shape index (κ2) is 3.61. The van der Waals surface area contributed by atoms with Crippen LogP contribution in [-0.2, 0) is 6.42 Å². The molecule has 1 atom stereocenters. The molecule has 2 aromatic rings. The van der Waals surface area contributed by atoms with Crippen LogP contribution in [0.5, 0.6) is 0 Å². The Morgan fingerprint density at radius 2 is 2.24 bits per heavy atom. The van der Waals surface area contributed by atoms with E-state index in [9.17, 15) is 0 Å². The van der Waals surface area contributed by atoms with E-state index in [0.29, 0.717) is 6.42 Å². The number of piperidine rings is 1. The lowest BCUT2D eigenvalue weighted by Gasteiger charge is -2.39. The number of H-pyrrole nitrogens is 1. The van der Waals surface area contributed by atoms with Crippen molar-refractivity contribution in [1.29, 1.82) is 0 Å². The predicted molar refractivity (Wildman–Crippen MR) is 70.2 cm³/mol. The lowest BCUT2D eigenvalue weighted by Crippen LogP contribution is -2.38. The maximum Gasteiger partial charge on any atom is 0.0501 e. The summed E-state index contributed by atoms with van der Waals surface area (Å²) in [6.45, 7) is -0.301. The van der Waals surface area contributed by atoms with Crippen LogP contribution in [0.2, 0.25) is 0 Å². The van der Waals surface area contributed by atoms with Gasteiger partial charge in [0.15, 0.2) is 0 Å². The van der Waals surface area contributed by atoms with Crippen molar-refractivity contribution in [3.63, 3.8) is 0 Å². The highest BCUT2D eigenvalue weighted by molar-refractivity contribution is 5.85. The third kappa shape index (κ3) is 1.37. The van der Waals surface area contributed by atoms with Crippen LogP contribution in [0.15, 0.2) is 24.3 Å². The van der Waals surface area contributed by atoms with Crippen molar-refractivity contribution in [2.45, 2.75) is 31.7 Å². The highest BCUT2D eigenvalue weighted by Crippen LogP contribution is 2.38. The fourth-order valence-electron chi connectivity index (χ4n) is 3.33. The Morgan fingerprint density at radius 3 is 3.24 bits per heavy atom. The number of hydrogen-bond acceptors (Lipinski definition) is 1. The Labute approximate surface area is 104 Å². The van der Waals surface area contributed by atoms with E-state index in [2.05, 4.69) is 34.1 Å². The van der Waals surface area contributed by atoms with E-state index in [1.54, 1.807) is 0 Å². The minimum Gasteiger partial charge on any atom is -0.357 e. The summed E-state index contributed by atoms with van der Waals surface area (Å²) in [5.74, 6) is 0. The van der Waals surface area contributed by atoms with Crippen molar-refractivity contribution in [3.8, 4) is 0 Å². The second-order valence-electron chi connectivity index (χ2n) is 5.07. The first-order valence-electron chi connectivity index (χ1n) is 7.53. The van der Waals surface area contributed by atoms with Crippen LogP contribution in [0.1, 0.15) is 39.3 Å². The number of aromatic nitrogens is 1. The van der Waals surface area contributed by atoms with Gasteiger partial charge in [-0.2, -0.15) is 0 Å².